The van der Waals surface area contributed by atoms with Gasteiger partial charge in [-0.05, 0) is 36.6 Å². The fraction of sp³-hybridized carbons (Fsp3) is 0.353. The summed E-state index contributed by atoms with van der Waals surface area (Å²) >= 11 is 6.16. The molecule has 1 saturated heterocycles. The van der Waals surface area contributed by atoms with Gasteiger partial charge < -0.3 is 19.5 Å². The third kappa shape index (κ3) is 2.91. The molecule has 8 nitrogen and oxygen atoms in total. The van der Waals surface area contributed by atoms with Gasteiger partial charge in [0.1, 0.15) is 6.23 Å². The second-order valence-corrected chi connectivity index (χ2v) is 6.14. The molecule has 0 bridgehead atoms. The molecule has 4 rings (SSSR count). The Balaban J connectivity index is 1.78. The van der Waals surface area contributed by atoms with Gasteiger partial charge in [-0.2, -0.15) is 9.97 Å². The van der Waals surface area contributed by atoms with Crippen LogP contribution in [-0.4, -0.2) is 40.3 Å². The highest BCUT2D eigenvalue weighted by atomic mass is 35.5. The van der Waals surface area contributed by atoms with E-state index in [1.54, 1.807) is 20.5 Å². The molecule has 1 aromatic carbocycles. The number of rotatable bonds is 5. The van der Waals surface area contributed by atoms with Crippen molar-refractivity contribution in [2.45, 2.75) is 19.1 Å². The zero-order valence-electron chi connectivity index (χ0n) is 14.4. The second kappa shape index (κ2) is 6.97. The molecule has 1 aliphatic rings. The number of anilines is 2. The topological polar surface area (TPSA) is 83.3 Å². The Labute approximate surface area is 155 Å². The van der Waals surface area contributed by atoms with Crippen LogP contribution in [0.5, 0.6) is 11.5 Å². The molecule has 26 heavy (non-hydrogen) atoms. The Morgan fingerprint density at radius 1 is 1.27 bits per heavy atom. The summed E-state index contributed by atoms with van der Waals surface area (Å²) in [6, 6.07) is 5.54. The van der Waals surface area contributed by atoms with E-state index in [0.29, 0.717) is 34.2 Å². The van der Waals surface area contributed by atoms with E-state index in [-0.39, 0.29) is 11.5 Å². The van der Waals surface area contributed by atoms with Crippen LogP contribution in [0.25, 0.3) is 11.2 Å². The SMILES string of the molecule is COc1cccc(Nc2nc(Cl)nc3c2ncn3C2CCCO2)c1OC. The maximum absolute atomic E-state index is 6.16. The van der Waals surface area contributed by atoms with Gasteiger partial charge in [-0.3, -0.25) is 4.57 Å². The number of ether oxygens (including phenoxy) is 3. The van der Waals surface area contributed by atoms with Crippen molar-refractivity contribution in [3.05, 3.63) is 29.8 Å². The van der Waals surface area contributed by atoms with E-state index >= 15 is 0 Å². The molecule has 0 saturated carbocycles. The fourth-order valence-corrected chi connectivity index (χ4v) is 3.25. The zero-order chi connectivity index (χ0) is 18.1. The van der Waals surface area contributed by atoms with E-state index in [1.165, 1.54) is 0 Å². The monoisotopic (exact) mass is 375 g/mol. The molecular formula is C17H18ClN5O3. The Morgan fingerprint density at radius 2 is 2.15 bits per heavy atom. The maximum atomic E-state index is 6.16. The van der Waals surface area contributed by atoms with E-state index in [2.05, 4.69) is 20.3 Å². The molecule has 9 heteroatoms. The second-order valence-electron chi connectivity index (χ2n) is 5.80. The van der Waals surface area contributed by atoms with Gasteiger partial charge in [0.15, 0.2) is 28.5 Å². The van der Waals surface area contributed by atoms with Crippen molar-refractivity contribution in [3.63, 3.8) is 0 Å². The first-order valence-electron chi connectivity index (χ1n) is 8.21. The molecule has 3 heterocycles. The van der Waals surface area contributed by atoms with Crippen molar-refractivity contribution in [1.29, 1.82) is 0 Å². The molecule has 1 aliphatic heterocycles. The lowest BCUT2D eigenvalue weighted by Gasteiger charge is -2.14. The smallest absolute Gasteiger partial charge is 0.226 e. The Kier molecular flexibility index (Phi) is 4.52. The Morgan fingerprint density at radius 3 is 2.88 bits per heavy atom. The summed E-state index contributed by atoms with van der Waals surface area (Å²) in [5.41, 5.74) is 1.92. The first-order valence-corrected chi connectivity index (χ1v) is 8.58. The lowest BCUT2D eigenvalue weighted by Crippen LogP contribution is -2.07. The lowest BCUT2D eigenvalue weighted by molar-refractivity contribution is 0.0593. The number of nitrogens with zero attached hydrogens (tertiary/aromatic N) is 4. The van der Waals surface area contributed by atoms with Gasteiger partial charge in [0, 0.05) is 6.61 Å². The summed E-state index contributed by atoms with van der Waals surface area (Å²) in [6.07, 6.45) is 3.55. The molecule has 0 aliphatic carbocycles. The van der Waals surface area contributed by atoms with Crippen LogP contribution in [0.3, 0.4) is 0 Å². The summed E-state index contributed by atoms with van der Waals surface area (Å²) in [4.78, 5) is 13.1. The highest BCUT2D eigenvalue weighted by Gasteiger charge is 2.22. The number of hydrogen-bond donors (Lipinski definition) is 1. The van der Waals surface area contributed by atoms with Crippen molar-refractivity contribution >= 4 is 34.3 Å². The quantitative estimate of drug-likeness (QED) is 0.682. The molecule has 0 spiro atoms. The molecule has 0 radical (unpaired) electrons. The minimum Gasteiger partial charge on any atom is -0.493 e. The first kappa shape index (κ1) is 16.9. The molecule has 0 amide bonds. The molecular weight excluding hydrogens is 358 g/mol. The minimum atomic E-state index is -0.0785. The predicted octanol–water partition coefficient (Wildman–Crippen LogP) is 3.55. The molecule has 1 atom stereocenters. The summed E-state index contributed by atoms with van der Waals surface area (Å²) in [7, 11) is 3.17. The minimum absolute atomic E-state index is 0.0785. The van der Waals surface area contributed by atoms with E-state index in [9.17, 15) is 0 Å². The van der Waals surface area contributed by atoms with Crippen LogP contribution in [0.15, 0.2) is 24.5 Å². The van der Waals surface area contributed by atoms with Crippen molar-refractivity contribution in [1.82, 2.24) is 19.5 Å². The van der Waals surface area contributed by atoms with E-state index in [4.69, 9.17) is 25.8 Å². The summed E-state index contributed by atoms with van der Waals surface area (Å²) in [5, 5.41) is 3.36. The lowest BCUT2D eigenvalue weighted by atomic mass is 10.2. The van der Waals surface area contributed by atoms with Crippen molar-refractivity contribution in [3.8, 4) is 11.5 Å². The highest BCUT2D eigenvalue weighted by Crippen LogP contribution is 2.37. The molecule has 1 N–H and O–H groups in total. The number of fused-ring (bicyclic) bond motifs is 1. The average Bonchev–Trinajstić information content (AvgIpc) is 3.30. The van der Waals surface area contributed by atoms with E-state index in [1.807, 2.05) is 22.8 Å². The van der Waals surface area contributed by atoms with E-state index in [0.717, 1.165) is 19.4 Å². The van der Waals surface area contributed by atoms with Gasteiger partial charge in [0.25, 0.3) is 0 Å². The normalized spacial score (nSPS) is 16.8. The number of methoxy groups -OCH3 is 2. The molecule has 1 fully saturated rings. The Bertz CT molecular complexity index is 940. The number of halogens is 1. The standard InChI is InChI=1S/C17H18ClN5O3/c1-24-11-6-3-5-10(14(11)25-2)20-15-13-16(22-17(18)21-15)23(9-19-13)12-7-4-8-26-12/h3,5-6,9,12H,4,7-8H2,1-2H3,(H,20,21,22). The van der Waals surface area contributed by atoms with Crippen LogP contribution in [-0.2, 0) is 4.74 Å². The van der Waals surface area contributed by atoms with Gasteiger partial charge >= 0.3 is 0 Å². The van der Waals surface area contributed by atoms with Crippen LogP contribution in [0, 0.1) is 0 Å². The van der Waals surface area contributed by atoms with Crippen molar-refractivity contribution in [2.24, 2.45) is 0 Å². The summed E-state index contributed by atoms with van der Waals surface area (Å²) in [5.74, 6) is 1.67. The number of para-hydroxylation sites is 1. The first-order chi connectivity index (χ1) is 12.7. The average molecular weight is 376 g/mol. The third-order valence-corrected chi connectivity index (χ3v) is 4.44. The van der Waals surface area contributed by atoms with Crippen LogP contribution >= 0.6 is 11.6 Å². The number of hydrogen-bond acceptors (Lipinski definition) is 7. The van der Waals surface area contributed by atoms with Crippen LogP contribution < -0.4 is 14.8 Å². The fourth-order valence-electron chi connectivity index (χ4n) is 3.08. The third-order valence-electron chi connectivity index (χ3n) is 4.27. The van der Waals surface area contributed by atoms with E-state index < -0.39 is 0 Å². The van der Waals surface area contributed by atoms with Crippen molar-refractivity contribution < 1.29 is 14.2 Å². The predicted molar refractivity (Wildman–Crippen MR) is 97.4 cm³/mol. The number of aromatic nitrogens is 4. The van der Waals surface area contributed by atoms with Gasteiger partial charge in [-0.15, -0.1) is 0 Å². The molecule has 3 aromatic rings. The van der Waals surface area contributed by atoms with Gasteiger partial charge in [-0.25, -0.2) is 4.98 Å². The number of imidazole rings is 1. The summed E-state index contributed by atoms with van der Waals surface area (Å²) in [6.45, 7) is 0.731. The van der Waals surface area contributed by atoms with Gasteiger partial charge in [0.2, 0.25) is 5.28 Å². The summed E-state index contributed by atoms with van der Waals surface area (Å²) < 4.78 is 18.4. The maximum Gasteiger partial charge on any atom is 0.226 e. The largest absolute Gasteiger partial charge is 0.493 e. The van der Waals surface area contributed by atoms with Gasteiger partial charge in [-0.1, -0.05) is 6.07 Å². The Hall–Kier alpha value is -2.58. The zero-order valence-corrected chi connectivity index (χ0v) is 15.2. The van der Waals surface area contributed by atoms with Crippen molar-refractivity contribution in [2.75, 3.05) is 26.1 Å². The van der Waals surface area contributed by atoms with Gasteiger partial charge in [0.05, 0.1) is 26.2 Å². The van der Waals surface area contributed by atoms with Crippen LogP contribution in [0.1, 0.15) is 19.1 Å². The highest BCUT2D eigenvalue weighted by molar-refractivity contribution is 6.28. The molecule has 136 valence electrons. The van der Waals surface area contributed by atoms with Crippen LogP contribution in [0.4, 0.5) is 11.5 Å². The molecule has 1 unspecified atom stereocenters. The molecule has 2 aromatic heterocycles. The van der Waals surface area contributed by atoms with Crippen LogP contribution in [0.2, 0.25) is 5.28 Å². The number of nitrogens with one attached hydrogen (secondary N) is 1. The number of benzene rings is 1.